The minimum Gasteiger partial charge on any atom is -0.300 e. The molecular formula is C20H36N2. The quantitative estimate of drug-likeness (QED) is 0.675. The Morgan fingerprint density at radius 1 is 0.773 bits per heavy atom. The van der Waals surface area contributed by atoms with Gasteiger partial charge in [-0.05, 0) is 80.3 Å². The van der Waals surface area contributed by atoms with E-state index in [1.807, 2.05) is 0 Å². The van der Waals surface area contributed by atoms with Crippen LogP contribution in [0.3, 0.4) is 0 Å². The third kappa shape index (κ3) is 5.28. The monoisotopic (exact) mass is 304 g/mol. The van der Waals surface area contributed by atoms with Crippen molar-refractivity contribution in [3.05, 3.63) is 0 Å². The van der Waals surface area contributed by atoms with Gasteiger partial charge < -0.3 is 4.90 Å². The summed E-state index contributed by atoms with van der Waals surface area (Å²) in [5.41, 5.74) is 0.484. The molecule has 0 aromatic rings. The second kappa shape index (κ2) is 6.93. The molecule has 0 amide bonds. The van der Waals surface area contributed by atoms with E-state index in [4.69, 9.17) is 0 Å². The van der Waals surface area contributed by atoms with E-state index in [0.717, 1.165) is 6.04 Å². The molecule has 2 aliphatic heterocycles. The van der Waals surface area contributed by atoms with Crippen molar-refractivity contribution < 1.29 is 0 Å². The molecule has 2 heteroatoms. The highest BCUT2D eigenvalue weighted by atomic mass is 15.2. The van der Waals surface area contributed by atoms with E-state index < -0.39 is 0 Å². The summed E-state index contributed by atoms with van der Waals surface area (Å²) < 4.78 is 0. The second-order valence-corrected chi connectivity index (χ2v) is 9.22. The molecule has 0 saturated carbocycles. The van der Waals surface area contributed by atoms with E-state index in [9.17, 15) is 0 Å². The fourth-order valence-corrected chi connectivity index (χ4v) is 3.63. The summed E-state index contributed by atoms with van der Waals surface area (Å²) in [6.45, 7) is 18.7. The van der Waals surface area contributed by atoms with Gasteiger partial charge in [-0.3, -0.25) is 4.90 Å². The zero-order valence-electron chi connectivity index (χ0n) is 15.7. The van der Waals surface area contributed by atoms with Crippen LogP contribution < -0.4 is 0 Å². The van der Waals surface area contributed by atoms with Crippen LogP contribution >= 0.6 is 0 Å². The lowest BCUT2D eigenvalue weighted by atomic mass is 9.90. The van der Waals surface area contributed by atoms with Gasteiger partial charge in [0.05, 0.1) is 0 Å². The lowest BCUT2D eigenvalue weighted by Gasteiger charge is -2.45. The van der Waals surface area contributed by atoms with Gasteiger partial charge in [-0.25, -0.2) is 0 Å². The normalized spacial score (nSPS) is 24.1. The average molecular weight is 305 g/mol. The molecule has 0 N–H and O–H groups in total. The molecule has 126 valence electrons. The first-order chi connectivity index (χ1) is 10.1. The van der Waals surface area contributed by atoms with Crippen LogP contribution in [-0.4, -0.2) is 47.6 Å². The van der Waals surface area contributed by atoms with Gasteiger partial charge in [-0.1, -0.05) is 11.8 Å². The molecule has 0 bridgehead atoms. The molecule has 0 aromatic carbocycles. The number of nitrogens with zero attached hydrogens (tertiary/aromatic N) is 2. The fourth-order valence-electron chi connectivity index (χ4n) is 3.63. The first-order valence-corrected chi connectivity index (χ1v) is 9.17. The number of hydrogen-bond acceptors (Lipinski definition) is 2. The zero-order chi connectivity index (χ0) is 16.4. The Labute approximate surface area is 138 Å². The lowest BCUT2D eigenvalue weighted by molar-refractivity contribution is 0.0453. The molecule has 2 aliphatic rings. The van der Waals surface area contributed by atoms with Gasteiger partial charge in [0.25, 0.3) is 0 Å². The maximum Gasteiger partial charge on any atom is 0.0230 e. The summed E-state index contributed by atoms with van der Waals surface area (Å²) in [6.07, 6.45) is 5.22. The largest absolute Gasteiger partial charge is 0.300 e. The molecule has 2 heterocycles. The Balaban J connectivity index is 1.77. The number of likely N-dealkylation sites (tertiary alicyclic amines) is 2. The minimum absolute atomic E-state index is 0.150. The summed E-state index contributed by atoms with van der Waals surface area (Å²) in [5.74, 6) is 7.59. The predicted octanol–water partition coefficient (Wildman–Crippen LogP) is 4.01. The van der Waals surface area contributed by atoms with E-state index >= 15 is 0 Å². The highest BCUT2D eigenvalue weighted by Gasteiger charge is 2.31. The second-order valence-electron chi connectivity index (χ2n) is 9.22. The summed E-state index contributed by atoms with van der Waals surface area (Å²) in [5, 5.41) is 0. The van der Waals surface area contributed by atoms with Gasteiger partial charge in [-0.2, -0.15) is 0 Å². The van der Waals surface area contributed by atoms with Crippen LogP contribution in [0.4, 0.5) is 0 Å². The van der Waals surface area contributed by atoms with Crippen LogP contribution in [0.5, 0.6) is 0 Å². The van der Waals surface area contributed by atoms with E-state index in [1.54, 1.807) is 0 Å². The van der Waals surface area contributed by atoms with Gasteiger partial charge in [0, 0.05) is 36.0 Å². The van der Waals surface area contributed by atoms with Crippen molar-refractivity contribution in [2.45, 2.75) is 78.8 Å². The Bertz CT molecular complexity index is 400. The van der Waals surface area contributed by atoms with Crippen molar-refractivity contribution in [3.63, 3.8) is 0 Å². The molecule has 2 saturated heterocycles. The third-order valence-electron chi connectivity index (χ3n) is 5.11. The zero-order valence-corrected chi connectivity index (χ0v) is 15.7. The smallest absolute Gasteiger partial charge is 0.0230 e. The summed E-state index contributed by atoms with van der Waals surface area (Å²) >= 11 is 0. The van der Waals surface area contributed by atoms with Crippen molar-refractivity contribution in [3.8, 4) is 11.8 Å². The van der Waals surface area contributed by atoms with Crippen LogP contribution in [0.15, 0.2) is 0 Å². The maximum absolute atomic E-state index is 3.53. The Morgan fingerprint density at radius 3 is 1.77 bits per heavy atom. The summed E-state index contributed by atoms with van der Waals surface area (Å²) in [7, 11) is 0. The van der Waals surface area contributed by atoms with Crippen molar-refractivity contribution in [2.24, 2.45) is 11.3 Å². The molecule has 0 unspecified atom stereocenters. The fraction of sp³-hybridized carbons (Fsp3) is 0.900. The molecule has 22 heavy (non-hydrogen) atoms. The molecule has 0 radical (unpaired) electrons. The van der Waals surface area contributed by atoms with Crippen LogP contribution in [0.25, 0.3) is 0 Å². The highest BCUT2D eigenvalue weighted by Crippen LogP contribution is 2.26. The van der Waals surface area contributed by atoms with Gasteiger partial charge in [0.2, 0.25) is 0 Å². The van der Waals surface area contributed by atoms with E-state index in [0.29, 0.717) is 11.5 Å². The maximum atomic E-state index is 3.53. The molecule has 0 atom stereocenters. The van der Waals surface area contributed by atoms with E-state index in [2.05, 4.69) is 63.2 Å². The van der Waals surface area contributed by atoms with Crippen molar-refractivity contribution in [2.75, 3.05) is 26.2 Å². The number of rotatable bonds is 1. The first kappa shape index (κ1) is 17.8. The number of piperidine rings is 2. The first-order valence-electron chi connectivity index (χ1n) is 9.17. The average Bonchev–Trinajstić information content (AvgIpc) is 2.44. The van der Waals surface area contributed by atoms with Crippen molar-refractivity contribution in [1.82, 2.24) is 9.80 Å². The molecule has 2 fully saturated rings. The van der Waals surface area contributed by atoms with Crippen LogP contribution in [0, 0.1) is 23.2 Å². The van der Waals surface area contributed by atoms with E-state index in [1.165, 1.54) is 51.9 Å². The molecule has 0 aliphatic carbocycles. The Kier molecular flexibility index (Phi) is 5.62. The SMILES string of the molecule is CC(C)(C)C#CC1CCN(C2CCN(C(C)(C)C)CC2)CC1. The third-order valence-corrected chi connectivity index (χ3v) is 5.11. The molecule has 0 spiro atoms. The van der Waals surface area contributed by atoms with Gasteiger partial charge in [0.1, 0.15) is 0 Å². The van der Waals surface area contributed by atoms with Gasteiger partial charge in [-0.15, -0.1) is 0 Å². The van der Waals surface area contributed by atoms with Gasteiger partial charge in [0.15, 0.2) is 0 Å². The van der Waals surface area contributed by atoms with E-state index in [-0.39, 0.29) is 5.41 Å². The number of hydrogen-bond donors (Lipinski definition) is 0. The highest BCUT2D eigenvalue weighted by molar-refractivity contribution is 5.11. The minimum atomic E-state index is 0.150. The molecule has 2 nitrogen and oxygen atoms in total. The predicted molar refractivity (Wildman–Crippen MR) is 95.9 cm³/mol. The standard InChI is InChI=1S/C20H36N2/c1-19(2,3)12-7-17-8-13-21(14-9-17)18-10-15-22(16-11-18)20(4,5)6/h17-18H,8-11,13-16H2,1-6H3. The molecular weight excluding hydrogens is 268 g/mol. The molecule has 2 rings (SSSR count). The summed E-state index contributed by atoms with van der Waals surface area (Å²) in [4.78, 5) is 5.39. The Hall–Kier alpha value is -0.520. The molecule has 0 aromatic heterocycles. The van der Waals surface area contributed by atoms with Crippen LogP contribution in [0.2, 0.25) is 0 Å². The van der Waals surface area contributed by atoms with Crippen LogP contribution in [0.1, 0.15) is 67.2 Å². The van der Waals surface area contributed by atoms with Crippen molar-refractivity contribution in [1.29, 1.82) is 0 Å². The Morgan fingerprint density at radius 2 is 1.32 bits per heavy atom. The lowest BCUT2D eigenvalue weighted by Crippen LogP contribution is -2.52. The topological polar surface area (TPSA) is 6.48 Å². The van der Waals surface area contributed by atoms with Gasteiger partial charge >= 0.3 is 0 Å². The van der Waals surface area contributed by atoms with Crippen LogP contribution in [-0.2, 0) is 0 Å². The van der Waals surface area contributed by atoms with Crippen molar-refractivity contribution >= 4 is 0 Å². The summed E-state index contributed by atoms with van der Waals surface area (Å²) in [6, 6.07) is 0.815.